The highest BCUT2D eigenvalue weighted by Crippen LogP contribution is 2.23. The molecule has 2 rings (SSSR count). The van der Waals surface area contributed by atoms with E-state index in [2.05, 4.69) is 26.1 Å². The lowest BCUT2D eigenvalue weighted by molar-refractivity contribution is 0.0695. The molecule has 0 fully saturated rings. The highest BCUT2D eigenvalue weighted by atomic mass is 79.9. The molecule has 0 spiro atoms. The summed E-state index contributed by atoms with van der Waals surface area (Å²) in [5.74, 6) is 0.190. The summed E-state index contributed by atoms with van der Waals surface area (Å²) in [6.45, 7) is 1.78. The van der Waals surface area contributed by atoms with Crippen molar-refractivity contribution in [3.8, 4) is 5.75 Å². The number of rotatable bonds is 4. The summed E-state index contributed by atoms with van der Waals surface area (Å²) < 4.78 is 11.0. The lowest BCUT2D eigenvalue weighted by Gasteiger charge is -2.05. The van der Waals surface area contributed by atoms with Crippen LogP contribution >= 0.6 is 15.9 Å². The second-order valence-electron chi connectivity index (χ2n) is 3.45. The number of nitrogens with zero attached hydrogens (tertiary/aromatic N) is 2. The summed E-state index contributed by atoms with van der Waals surface area (Å²) in [6.07, 6.45) is 0. The van der Waals surface area contributed by atoms with E-state index < -0.39 is 5.97 Å². The first-order valence-electron chi connectivity index (χ1n) is 5.01. The third-order valence-corrected chi connectivity index (χ3v) is 2.79. The molecule has 1 aromatic carbocycles. The molecule has 0 atom stereocenters. The molecule has 94 valence electrons. The van der Waals surface area contributed by atoms with Gasteiger partial charge in [0.05, 0.1) is 5.56 Å². The SMILES string of the molecule is Cc1nnc(COc2ccc(Br)c(C(=O)O)c2)o1. The van der Waals surface area contributed by atoms with Crippen LogP contribution in [-0.4, -0.2) is 21.3 Å². The van der Waals surface area contributed by atoms with Gasteiger partial charge in [-0.25, -0.2) is 4.79 Å². The van der Waals surface area contributed by atoms with Crippen LogP contribution in [-0.2, 0) is 6.61 Å². The van der Waals surface area contributed by atoms with E-state index in [0.29, 0.717) is 22.0 Å². The Hall–Kier alpha value is -1.89. The van der Waals surface area contributed by atoms with E-state index >= 15 is 0 Å². The summed E-state index contributed by atoms with van der Waals surface area (Å²) in [5, 5.41) is 16.4. The van der Waals surface area contributed by atoms with Crippen LogP contribution in [0.4, 0.5) is 0 Å². The second-order valence-corrected chi connectivity index (χ2v) is 4.30. The van der Waals surface area contributed by atoms with Crippen molar-refractivity contribution < 1.29 is 19.1 Å². The molecule has 0 unspecified atom stereocenters. The summed E-state index contributed by atoms with van der Waals surface area (Å²) in [7, 11) is 0. The molecule has 0 bridgehead atoms. The zero-order valence-corrected chi connectivity index (χ0v) is 11.0. The number of carboxylic acid groups (broad SMARTS) is 1. The predicted molar refractivity (Wildman–Crippen MR) is 64.5 cm³/mol. The van der Waals surface area contributed by atoms with Crippen molar-refractivity contribution in [1.82, 2.24) is 10.2 Å². The molecule has 7 heteroatoms. The largest absolute Gasteiger partial charge is 0.484 e. The lowest BCUT2D eigenvalue weighted by Crippen LogP contribution is -2.00. The van der Waals surface area contributed by atoms with Crippen molar-refractivity contribution in [1.29, 1.82) is 0 Å². The number of aromatic nitrogens is 2. The maximum atomic E-state index is 10.9. The minimum absolute atomic E-state index is 0.0987. The van der Waals surface area contributed by atoms with Crippen molar-refractivity contribution >= 4 is 21.9 Å². The Labute approximate surface area is 111 Å². The molecule has 0 amide bonds. The molecular formula is C11H9BrN2O4. The number of carboxylic acids is 1. The molecule has 0 aliphatic rings. The van der Waals surface area contributed by atoms with Gasteiger partial charge in [0.25, 0.3) is 5.89 Å². The molecule has 2 aromatic rings. The first-order chi connectivity index (χ1) is 8.56. The highest BCUT2D eigenvalue weighted by Gasteiger charge is 2.10. The van der Waals surface area contributed by atoms with Crippen molar-refractivity contribution in [2.24, 2.45) is 0 Å². The van der Waals surface area contributed by atoms with Crippen LogP contribution in [0, 0.1) is 6.92 Å². The molecule has 1 heterocycles. The van der Waals surface area contributed by atoms with Crippen LogP contribution in [0.1, 0.15) is 22.1 Å². The summed E-state index contributed by atoms with van der Waals surface area (Å²) in [6, 6.07) is 4.69. The van der Waals surface area contributed by atoms with Gasteiger partial charge in [-0.05, 0) is 34.1 Å². The van der Waals surface area contributed by atoms with Gasteiger partial charge in [-0.1, -0.05) is 0 Å². The van der Waals surface area contributed by atoms with Gasteiger partial charge in [0, 0.05) is 11.4 Å². The Balaban J connectivity index is 2.10. The minimum atomic E-state index is -1.03. The van der Waals surface area contributed by atoms with Gasteiger partial charge in [0.15, 0.2) is 6.61 Å². The Kier molecular flexibility index (Phi) is 3.61. The molecule has 0 aliphatic heterocycles. The fourth-order valence-electron chi connectivity index (χ4n) is 1.30. The zero-order chi connectivity index (χ0) is 13.1. The summed E-state index contributed by atoms with van der Waals surface area (Å²) >= 11 is 3.15. The number of carbonyl (C=O) groups is 1. The number of ether oxygens (including phenoxy) is 1. The van der Waals surface area contributed by atoms with Gasteiger partial charge < -0.3 is 14.3 Å². The number of hydrogen-bond donors (Lipinski definition) is 1. The molecule has 6 nitrogen and oxygen atoms in total. The standard InChI is InChI=1S/C11H9BrN2O4/c1-6-13-14-10(18-6)5-17-7-2-3-9(12)8(4-7)11(15)16/h2-4H,5H2,1H3,(H,15,16). The zero-order valence-electron chi connectivity index (χ0n) is 9.38. The summed E-state index contributed by atoms with van der Waals surface area (Å²) in [5.41, 5.74) is 0.134. The topological polar surface area (TPSA) is 85.5 Å². The van der Waals surface area contributed by atoms with E-state index in [1.165, 1.54) is 6.07 Å². The third-order valence-electron chi connectivity index (χ3n) is 2.10. The first-order valence-corrected chi connectivity index (χ1v) is 5.80. The average Bonchev–Trinajstić information content (AvgIpc) is 2.74. The molecule has 0 saturated heterocycles. The van der Waals surface area contributed by atoms with Crippen LogP contribution in [0.15, 0.2) is 27.1 Å². The van der Waals surface area contributed by atoms with Crippen molar-refractivity contribution in [3.63, 3.8) is 0 Å². The first kappa shape index (κ1) is 12.6. The summed E-state index contributed by atoms with van der Waals surface area (Å²) in [4.78, 5) is 10.9. The highest BCUT2D eigenvalue weighted by molar-refractivity contribution is 9.10. The van der Waals surface area contributed by atoms with Gasteiger partial charge in [-0.3, -0.25) is 0 Å². The number of halogens is 1. The van der Waals surface area contributed by atoms with Crippen LogP contribution in [0.2, 0.25) is 0 Å². The van der Waals surface area contributed by atoms with Crippen LogP contribution in [0.3, 0.4) is 0 Å². The lowest BCUT2D eigenvalue weighted by atomic mass is 10.2. The molecule has 1 aromatic heterocycles. The smallest absolute Gasteiger partial charge is 0.336 e. The van der Waals surface area contributed by atoms with E-state index in [1.807, 2.05) is 0 Å². The normalized spacial score (nSPS) is 10.3. The van der Waals surface area contributed by atoms with E-state index in [-0.39, 0.29) is 12.2 Å². The molecule has 18 heavy (non-hydrogen) atoms. The van der Waals surface area contributed by atoms with Gasteiger partial charge in [-0.15, -0.1) is 10.2 Å². The van der Waals surface area contributed by atoms with E-state index in [1.54, 1.807) is 19.1 Å². The second kappa shape index (κ2) is 5.18. The van der Waals surface area contributed by atoms with Crippen LogP contribution in [0.5, 0.6) is 5.75 Å². The van der Waals surface area contributed by atoms with Crippen molar-refractivity contribution in [2.45, 2.75) is 13.5 Å². The maximum Gasteiger partial charge on any atom is 0.336 e. The molecule has 0 radical (unpaired) electrons. The van der Waals surface area contributed by atoms with Crippen LogP contribution in [0.25, 0.3) is 0 Å². The van der Waals surface area contributed by atoms with E-state index in [4.69, 9.17) is 14.3 Å². The number of aromatic carboxylic acids is 1. The maximum absolute atomic E-state index is 10.9. The average molecular weight is 313 g/mol. The Bertz CT molecular complexity index is 582. The van der Waals surface area contributed by atoms with Gasteiger partial charge >= 0.3 is 5.97 Å². The van der Waals surface area contributed by atoms with Gasteiger partial charge in [0.1, 0.15) is 5.75 Å². The number of hydrogen-bond acceptors (Lipinski definition) is 5. The molecule has 0 aliphatic carbocycles. The van der Waals surface area contributed by atoms with Crippen molar-refractivity contribution in [2.75, 3.05) is 0 Å². The van der Waals surface area contributed by atoms with Gasteiger partial charge in [0.2, 0.25) is 5.89 Å². The monoisotopic (exact) mass is 312 g/mol. The quantitative estimate of drug-likeness (QED) is 0.933. The minimum Gasteiger partial charge on any atom is -0.484 e. The predicted octanol–water partition coefficient (Wildman–Crippen LogP) is 2.42. The van der Waals surface area contributed by atoms with Crippen molar-refractivity contribution in [3.05, 3.63) is 40.0 Å². The van der Waals surface area contributed by atoms with E-state index in [0.717, 1.165) is 0 Å². The Morgan fingerprint density at radius 1 is 1.50 bits per heavy atom. The van der Waals surface area contributed by atoms with E-state index in [9.17, 15) is 4.79 Å². The molecule has 1 N–H and O–H groups in total. The number of benzene rings is 1. The number of aryl methyl sites for hydroxylation is 1. The fraction of sp³-hybridized carbons (Fsp3) is 0.182. The Morgan fingerprint density at radius 3 is 2.89 bits per heavy atom. The molecular weight excluding hydrogens is 304 g/mol. The third kappa shape index (κ3) is 2.86. The van der Waals surface area contributed by atoms with Crippen LogP contribution < -0.4 is 4.74 Å². The molecule has 0 saturated carbocycles. The fourth-order valence-corrected chi connectivity index (χ4v) is 1.72. The Morgan fingerprint density at radius 2 is 2.28 bits per heavy atom. The van der Waals surface area contributed by atoms with Gasteiger partial charge in [-0.2, -0.15) is 0 Å².